The Balaban J connectivity index is 2.18. The van der Waals surface area contributed by atoms with Gasteiger partial charge in [0, 0.05) is 11.1 Å². The molecule has 0 amide bonds. The lowest BCUT2D eigenvalue weighted by Gasteiger charge is -2.07. The molecule has 5 N–H and O–H groups in total. The molecule has 0 aliphatic rings. The van der Waals surface area contributed by atoms with Gasteiger partial charge in [-0.25, -0.2) is 0 Å². The standard InChI is InChI=1S/C19H16N8O4S/c1-8(24-26-14-9(2)11(6-20)16(28)22-18(14)30)4-5-13(32)25-27-15-10(3)12(7-21)17(29)23-19(15)31/h4-5,26H,1-3H3,(H2,22,28,30)(H2,23,29,31). The summed E-state index contributed by atoms with van der Waals surface area (Å²) in [7, 11) is 0. The second-order valence-electron chi connectivity index (χ2n) is 6.29. The lowest BCUT2D eigenvalue weighted by molar-refractivity contribution is 0.449. The van der Waals surface area contributed by atoms with Crippen LogP contribution in [0.5, 0.6) is 11.8 Å². The van der Waals surface area contributed by atoms with Gasteiger partial charge < -0.3 is 10.2 Å². The zero-order valence-electron chi connectivity index (χ0n) is 17.0. The van der Waals surface area contributed by atoms with E-state index >= 15 is 0 Å². The second-order valence-corrected chi connectivity index (χ2v) is 6.71. The van der Waals surface area contributed by atoms with Gasteiger partial charge in [0.1, 0.15) is 33.9 Å². The maximum atomic E-state index is 12.0. The van der Waals surface area contributed by atoms with Crippen LogP contribution in [-0.2, 0) is 0 Å². The van der Waals surface area contributed by atoms with Crippen LogP contribution in [0.2, 0.25) is 0 Å². The van der Waals surface area contributed by atoms with E-state index in [1.54, 1.807) is 19.1 Å². The Bertz CT molecular complexity index is 1380. The van der Waals surface area contributed by atoms with E-state index in [1.165, 1.54) is 26.0 Å². The number of hydrogen-bond donors (Lipinski definition) is 5. The van der Waals surface area contributed by atoms with Crippen LogP contribution in [0, 0.1) is 36.5 Å². The first-order valence-electron chi connectivity index (χ1n) is 8.76. The van der Waals surface area contributed by atoms with Crippen molar-refractivity contribution in [2.24, 2.45) is 15.3 Å². The van der Waals surface area contributed by atoms with Gasteiger partial charge in [-0.05, 0) is 32.9 Å². The number of nitrogens with zero attached hydrogens (tertiary/aromatic N) is 5. The minimum absolute atomic E-state index is 0.00954. The number of hydrogen-bond acceptors (Lipinski definition) is 10. The molecule has 2 heterocycles. The van der Waals surface area contributed by atoms with Crippen LogP contribution >= 0.6 is 12.2 Å². The molecule has 12 nitrogen and oxygen atoms in total. The molecule has 0 aliphatic heterocycles. The molecule has 0 saturated carbocycles. The molecule has 0 fully saturated rings. The smallest absolute Gasteiger partial charge is 0.278 e. The summed E-state index contributed by atoms with van der Waals surface area (Å²) in [5, 5.41) is 48.7. The summed E-state index contributed by atoms with van der Waals surface area (Å²) in [5.74, 6) is -1.08. The van der Waals surface area contributed by atoms with Crippen molar-refractivity contribution in [3.05, 3.63) is 55.1 Å². The molecule has 0 saturated heterocycles. The molecule has 0 aliphatic carbocycles. The number of rotatable bonds is 5. The van der Waals surface area contributed by atoms with Crippen molar-refractivity contribution >= 4 is 34.3 Å². The Morgan fingerprint density at radius 1 is 1.03 bits per heavy atom. The van der Waals surface area contributed by atoms with Crippen LogP contribution < -0.4 is 16.5 Å². The molecule has 13 heteroatoms. The normalized spacial score (nSPS) is 11.5. The summed E-state index contributed by atoms with van der Waals surface area (Å²) < 4.78 is 0. The topological polar surface area (TPSA) is 203 Å². The highest BCUT2D eigenvalue weighted by molar-refractivity contribution is 7.80. The van der Waals surface area contributed by atoms with Gasteiger partial charge in [0.2, 0.25) is 11.8 Å². The number of thiocarbonyl (C=S) groups is 1. The number of anilines is 1. The molecule has 0 spiro atoms. The van der Waals surface area contributed by atoms with E-state index < -0.39 is 22.9 Å². The fourth-order valence-corrected chi connectivity index (χ4v) is 2.54. The van der Waals surface area contributed by atoms with Crippen LogP contribution in [0.1, 0.15) is 29.2 Å². The van der Waals surface area contributed by atoms with Crippen molar-refractivity contribution < 1.29 is 10.2 Å². The number of aromatic hydroxyl groups is 2. The fraction of sp³-hybridized carbons (Fsp3) is 0.158. The number of H-pyrrole nitrogens is 2. The molecule has 32 heavy (non-hydrogen) atoms. The maximum Gasteiger partial charge on any atom is 0.278 e. The Morgan fingerprint density at radius 3 is 2.19 bits per heavy atom. The average molecular weight is 452 g/mol. The van der Waals surface area contributed by atoms with Gasteiger partial charge in [0.15, 0.2) is 5.69 Å². The summed E-state index contributed by atoms with van der Waals surface area (Å²) in [6, 6.07) is 3.54. The highest BCUT2D eigenvalue weighted by Gasteiger charge is 2.14. The molecule has 2 aromatic rings. The fourth-order valence-electron chi connectivity index (χ4n) is 2.44. The van der Waals surface area contributed by atoms with E-state index in [4.69, 9.17) is 22.7 Å². The SMILES string of the molecule is CC(C=CC(=S)N=Nc1c(C)c(C#N)c(O)[nH]c1=O)=NNc1c(C)c(C#N)c(O)[nH]c1=O. The monoisotopic (exact) mass is 452 g/mol. The van der Waals surface area contributed by atoms with Gasteiger partial charge >= 0.3 is 0 Å². The van der Waals surface area contributed by atoms with Crippen molar-refractivity contribution in [1.29, 1.82) is 10.5 Å². The van der Waals surface area contributed by atoms with Crippen LogP contribution in [0.3, 0.4) is 0 Å². The molecule has 0 bridgehead atoms. The first-order chi connectivity index (χ1) is 15.1. The summed E-state index contributed by atoms with van der Waals surface area (Å²) in [6.45, 7) is 4.51. The van der Waals surface area contributed by atoms with Gasteiger partial charge in [-0.15, -0.1) is 10.2 Å². The minimum atomic E-state index is -0.734. The quantitative estimate of drug-likeness (QED) is 0.149. The summed E-state index contributed by atoms with van der Waals surface area (Å²) in [5.41, 5.74) is 1.49. The predicted molar refractivity (Wildman–Crippen MR) is 119 cm³/mol. The number of aromatic nitrogens is 2. The van der Waals surface area contributed by atoms with Crippen molar-refractivity contribution in [3.63, 3.8) is 0 Å². The number of nitriles is 2. The van der Waals surface area contributed by atoms with Gasteiger partial charge in [-0.1, -0.05) is 12.2 Å². The average Bonchev–Trinajstić information content (AvgIpc) is 2.72. The number of allylic oxidation sites excluding steroid dienone is 1. The number of nitrogens with one attached hydrogen (secondary N) is 3. The van der Waals surface area contributed by atoms with Crippen LogP contribution in [0.15, 0.2) is 37.1 Å². The molecule has 2 aromatic heterocycles. The van der Waals surface area contributed by atoms with E-state index in [0.717, 1.165) is 0 Å². The third-order valence-electron chi connectivity index (χ3n) is 4.14. The predicted octanol–water partition coefficient (Wildman–Crippen LogP) is 2.29. The first kappa shape index (κ1) is 23.7. The largest absolute Gasteiger partial charge is 0.494 e. The lowest BCUT2D eigenvalue weighted by atomic mass is 10.1. The Hall–Kier alpha value is -4.62. The molecular formula is C19H16N8O4S. The van der Waals surface area contributed by atoms with Gasteiger partial charge in [0.25, 0.3) is 11.1 Å². The lowest BCUT2D eigenvalue weighted by Crippen LogP contribution is -2.15. The number of aromatic amines is 2. The number of azo groups is 1. The van der Waals surface area contributed by atoms with Gasteiger partial charge in [-0.2, -0.15) is 15.6 Å². The summed E-state index contributed by atoms with van der Waals surface area (Å²) >= 11 is 5.04. The Kier molecular flexibility index (Phi) is 7.34. The Morgan fingerprint density at radius 2 is 1.59 bits per heavy atom. The first-order valence-corrected chi connectivity index (χ1v) is 9.17. The Labute approximate surface area is 185 Å². The molecule has 0 aromatic carbocycles. The van der Waals surface area contributed by atoms with E-state index in [9.17, 15) is 19.8 Å². The van der Waals surface area contributed by atoms with E-state index in [-0.39, 0.29) is 38.6 Å². The molecule has 2 rings (SSSR count). The third kappa shape index (κ3) is 5.10. The van der Waals surface area contributed by atoms with Crippen LogP contribution in [0.4, 0.5) is 11.4 Å². The molecule has 162 valence electrons. The highest BCUT2D eigenvalue weighted by atomic mass is 32.1. The minimum Gasteiger partial charge on any atom is -0.494 e. The second kappa shape index (κ2) is 9.92. The van der Waals surface area contributed by atoms with Crippen molar-refractivity contribution in [3.8, 4) is 23.9 Å². The molecule has 0 atom stereocenters. The van der Waals surface area contributed by atoms with E-state index in [1.807, 2.05) is 0 Å². The number of hydrazone groups is 1. The van der Waals surface area contributed by atoms with Crippen LogP contribution in [-0.4, -0.2) is 30.9 Å². The molecular weight excluding hydrogens is 436 g/mol. The summed E-state index contributed by atoms with van der Waals surface area (Å²) in [6.07, 6.45) is 2.82. The van der Waals surface area contributed by atoms with Crippen molar-refractivity contribution in [2.45, 2.75) is 20.8 Å². The van der Waals surface area contributed by atoms with Crippen LogP contribution in [0.25, 0.3) is 0 Å². The third-order valence-corrected chi connectivity index (χ3v) is 4.36. The molecule has 0 radical (unpaired) electrons. The van der Waals surface area contributed by atoms with Crippen molar-refractivity contribution in [1.82, 2.24) is 9.97 Å². The van der Waals surface area contributed by atoms with E-state index in [0.29, 0.717) is 5.71 Å². The van der Waals surface area contributed by atoms with Gasteiger partial charge in [0.05, 0.1) is 5.71 Å². The summed E-state index contributed by atoms with van der Waals surface area (Å²) in [4.78, 5) is 28.1. The maximum absolute atomic E-state index is 12.0. The molecule has 0 unspecified atom stereocenters. The zero-order valence-corrected chi connectivity index (χ0v) is 17.8. The van der Waals surface area contributed by atoms with E-state index in [2.05, 4.69) is 30.7 Å². The highest BCUT2D eigenvalue weighted by Crippen LogP contribution is 2.23. The van der Waals surface area contributed by atoms with Gasteiger partial charge in [-0.3, -0.25) is 25.0 Å². The number of pyridine rings is 2. The zero-order chi connectivity index (χ0) is 24.0. The van der Waals surface area contributed by atoms with Crippen molar-refractivity contribution in [2.75, 3.05) is 5.43 Å².